The van der Waals surface area contributed by atoms with Crippen molar-refractivity contribution in [2.45, 2.75) is 39.7 Å². The van der Waals surface area contributed by atoms with Crippen LogP contribution in [0.2, 0.25) is 5.02 Å². The van der Waals surface area contributed by atoms with Crippen LogP contribution in [-0.4, -0.2) is 20.6 Å². The molecule has 38 heavy (non-hydrogen) atoms. The van der Waals surface area contributed by atoms with Crippen LogP contribution in [0.4, 0.5) is 5.69 Å². The Morgan fingerprint density at radius 1 is 0.974 bits per heavy atom. The van der Waals surface area contributed by atoms with Crippen LogP contribution < -0.4 is 10.1 Å². The first-order chi connectivity index (χ1) is 18.5. The number of imidazole rings is 1. The number of para-hydroxylation sites is 1. The molecule has 192 valence electrons. The van der Waals surface area contributed by atoms with E-state index in [1.165, 1.54) is 28.0 Å². The highest BCUT2D eigenvalue weighted by Crippen LogP contribution is 2.40. The van der Waals surface area contributed by atoms with E-state index in [1.807, 2.05) is 31.2 Å². The van der Waals surface area contributed by atoms with Gasteiger partial charge in [0.15, 0.2) is 0 Å². The molecule has 0 aliphatic carbocycles. The molecule has 0 fully saturated rings. The van der Waals surface area contributed by atoms with Gasteiger partial charge in [0.1, 0.15) is 16.4 Å². The van der Waals surface area contributed by atoms with Gasteiger partial charge in [-0.05, 0) is 92.3 Å². The molecule has 6 rings (SSSR count). The fraction of sp³-hybridized carbons (Fsp3) is 0.219. The van der Waals surface area contributed by atoms with Crippen molar-refractivity contribution in [1.82, 2.24) is 8.97 Å². The van der Waals surface area contributed by atoms with E-state index in [0.29, 0.717) is 11.6 Å². The molecule has 1 N–H and O–H groups in total. The van der Waals surface area contributed by atoms with Crippen LogP contribution in [0.5, 0.6) is 5.75 Å². The van der Waals surface area contributed by atoms with E-state index in [9.17, 15) is 0 Å². The number of halogens is 1. The first-order valence-electron chi connectivity index (χ1n) is 13.2. The van der Waals surface area contributed by atoms with Crippen molar-refractivity contribution in [3.63, 3.8) is 0 Å². The first-order valence-corrected chi connectivity index (χ1v) is 14.0. The predicted molar refractivity (Wildman–Crippen MR) is 162 cm³/mol. The van der Waals surface area contributed by atoms with Crippen LogP contribution in [0.15, 0.2) is 79.0 Å². The maximum Gasteiger partial charge on any atom is 0.128 e. The minimum atomic E-state index is 0.658. The minimum absolute atomic E-state index is 0.658. The third-order valence-electron chi connectivity index (χ3n) is 7.34. The number of rotatable bonds is 6. The molecular formula is C32H30ClN3OS. The molecule has 5 aromatic rings. The Morgan fingerprint density at radius 3 is 2.45 bits per heavy atom. The molecule has 3 heterocycles. The first kappa shape index (κ1) is 24.8. The molecule has 1 aliphatic rings. The van der Waals surface area contributed by atoms with Gasteiger partial charge in [0, 0.05) is 34.6 Å². The van der Waals surface area contributed by atoms with Gasteiger partial charge < -0.3 is 14.6 Å². The van der Waals surface area contributed by atoms with Crippen molar-refractivity contribution in [2.75, 3.05) is 11.9 Å². The molecule has 0 unspecified atom stereocenters. The highest BCUT2D eigenvalue weighted by atomic mass is 35.5. The second-order valence-corrected chi connectivity index (χ2v) is 10.6. The van der Waals surface area contributed by atoms with Crippen molar-refractivity contribution < 1.29 is 4.74 Å². The van der Waals surface area contributed by atoms with Gasteiger partial charge in [-0.1, -0.05) is 54.2 Å². The van der Waals surface area contributed by atoms with Crippen LogP contribution in [0.25, 0.3) is 28.0 Å². The zero-order valence-corrected chi connectivity index (χ0v) is 23.2. The number of aryl methyl sites for hydroxylation is 3. The van der Waals surface area contributed by atoms with Gasteiger partial charge in [-0.2, -0.15) is 0 Å². The Labute approximate surface area is 233 Å². The monoisotopic (exact) mass is 539 g/mol. The zero-order chi connectivity index (χ0) is 26.2. The number of hydrogen-bond donors (Lipinski definition) is 1. The normalized spacial score (nSPS) is 12.9. The molecule has 3 aromatic carbocycles. The van der Waals surface area contributed by atoms with Gasteiger partial charge in [-0.3, -0.25) is 4.40 Å². The Balaban J connectivity index is 1.57. The van der Waals surface area contributed by atoms with E-state index in [0.717, 1.165) is 59.1 Å². The maximum atomic E-state index is 6.28. The SMILES string of the molecule is CCOc1ccc(-c2cn3c(C(=S)Nc4ccccc4C)c(-c4ccc(Cl)cc4)c4c3n2CCCC4)cc1. The zero-order valence-electron chi connectivity index (χ0n) is 21.6. The van der Waals surface area contributed by atoms with Crippen LogP contribution in [0, 0.1) is 6.92 Å². The van der Waals surface area contributed by atoms with E-state index < -0.39 is 0 Å². The van der Waals surface area contributed by atoms with E-state index in [-0.39, 0.29) is 0 Å². The van der Waals surface area contributed by atoms with Gasteiger partial charge in [0.2, 0.25) is 0 Å². The standard InChI is InChI=1S/C32H30ClN3OS/c1-3-37-25-17-13-22(14-18-25)28-20-36-30(31(38)34-27-10-5-4-8-21(27)2)29(23-11-15-24(33)16-12-23)26-9-6-7-19-35(28)32(26)36/h4-5,8,10-18,20H,3,6-7,9,19H2,1-2H3,(H,34,38). The molecule has 0 atom stereocenters. The average molecular weight is 540 g/mol. The third kappa shape index (κ3) is 4.40. The van der Waals surface area contributed by atoms with Crippen LogP contribution in [-0.2, 0) is 13.0 Å². The quantitative estimate of drug-likeness (QED) is 0.219. The second kappa shape index (κ2) is 10.3. The Kier molecular flexibility index (Phi) is 6.73. The van der Waals surface area contributed by atoms with Crippen molar-refractivity contribution in [1.29, 1.82) is 0 Å². The number of nitrogens with zero attached hydrogens (tertiary/aromatic N) is 2. The third-order valence-corrected chi connectivity index (χ3v) is 7.88. The largest absolute Gasteiger partial charge is 0.494 e. The minimum Gasteiger partial charge on any atom is -0.494 e. The van der Waals surface area contributed by atoms with Crippen LogP contribution >= 0.6 is 23.8 Å². The van der Waals surface area contributed by atoms with Crippen LogP contribution in [0.1, 0.15) is 36.6 Å². The average Bonchev–Trinajstić information content (AvgIpc) is 3.34. The summed E-state index contributed by atoms with van der Waals surface area (Å²) < 4.78 is 10.5. The lowest BCUT2D eigenvalue weighted by atomic mass is 9.98. The van der Waals surface area contributed by atoms with Crippen molar-refractivity contribution in [2.24, 2.45) is 0 Å². The van der Waals surface area contributed by atoms with E-state index in [4.69, 9.17) is 28.6 Å². The van der Waals surface area contributed by atoms with Gasteiger partial charge in [0.25, 0.3) is 0 Å². The molecule has 0 spiro atoms. The number of aromatic nitrogens is 2. The number of nitrogens with one attached hydrogen (secondary N) is 1. The number of benzene rings is 3. The number of anilines is 1. The summed E-state index contributed by atoms with van der Waals surface area (Å²) in [6.07, 6.45) is 5.51. The molecule has 0 bridgehead atoms. The van der Waals surface area contributed by atoms with E-state index in [2.05, 4.69) is 75.9 Å². The Morgan fingerprint density at radius 2 is 1.71 bits per heavy atom. The highest BCUT2D eigenvalue weighted by Gasteiger charge is 2.28. The maximum absolute atomic E-state index is 6.28. The summed E-state index contributed by atoms with van der Waals surface area (Å²) in [7, 11) is 0. The van der Waals surface area contributed by atoms with Gasteiger partial charge in [-0.15, -0.1) is 0 Å². The van der Waals surface area contributed by atoms with Gasteiger partial charge in [-0.25, -0.2) is 0 Å². The van der Waals surface area contributed by atoms with E-state index in [1.54, 1.807) is 0 Å². The molecule has 2 aromatic heterocycles. The molecule has 0 radical (unpaired) electrons. The second-order valence-electron chi connectivity index (χ2n) is 9.75. The van der Waals surface area contributed by atoms with E-state index >= 15 is 0 Å². The summed E-state index contributed by atoms with van der Waals surface area (Å²) in [5.41, 5.74) is 10.4. The smallest absolute Gasteiger partial charge is 0.128 e. The summed E-state index contributed by atoms with van der Waals surface area (Å²) in [5, 5.41) is 4.29. The lowest BCUT2D eigenvalue weighted by Gasteiger charge is -2.14. The molecular weight excluding hydrogens is 510 g/mol. The Hall–Kier alpha value is -3.54. The lowest BCUT2D eigenvalue weighted by molar-refractivity contribution is 0.340. The fourth-order valence-electron chi connectivity index (χ4n) is 5.55. The number of hydrogen-bond acceptors (Lipinski definition) is 2. The molecule has 0 amide bonds. The summed E-state index contributed by atoms with van der Waals surface area (Å²) in [6, 6.07) is 24.8. The topological polar surface area (TPSA) is 30.6 Å². The molecule has 4 nitrogen and oxygen atoms in total. The highest BCUT2D eigenvalue weighted by molar-refractivity contribution is 7.81. The molecule has 0 saturated carbocycles. The summed E-state index contributed by atoms with van der Waals surface area (Å²) in [6.45, 7) is 5.73. The summed E-state index contributed by atoms with van der Waals surface area (Å²) >= 11 is 12.4. The number of ether oxygens (including phenoxy) is 1. The Bertz CT molecular complexity index is 1630. The van der Waals surface area contributed by atoms with Crippen molar-refractivity contribution in [3.8, 4) is 28.1 Å². The molecule has 1 aliphatic heterocycles. The molecule has 0 saturated heterocycles. The van der Waals surface area contributed by atoms with Gasteiger partial charge in [0.05, 0.1) is 18.0 Å². The van der Waals surface area contributed by atoms with Gasteiger partial charge >= 0.3 is 0 Å². The molecule has 6 heteroatoms. The van der Waals surface area contributed by atoms with Crippen LogP contribution in [0.3, 0.4) is 0 Å². The van der Waals surface area contributed by atoms with Crippen molar-refractivity contribution in [3.05, 3.63) is 101 Å². The lowest BCUT2D eigenvalue weighted by Crippen LogP contribution is -2.14. The summed E-state index contributed by atoms with van der Waals surface area (Å²) in [5.74, 6) is 0.889. The number of thiocarbonyl (C=S) groups is 1. The fourth-order valence-corrected chi connectivity index (χ4v) is 5.99. The predicted octanol–water partition coefficient (Wildman–Crippen LogP) is 8.56. The summed E-state index contributed by atoms with van der Waals surface area (Å²) in [4.78, 5) is 0.710. The van der Waals surface area contributed by atoms with Crippen molar-refractivity contribution >= 4 is 40.1 Å².